The fourth-order valence-corrected chi connectivity index (χ4v) is 2.80. The quantitative estimate of drug-likeness (QED) is 0.801. The van der Waals surface area contributed by atoms with Crippen molar-refractivity contribution in [1.82, 2.24) is 4.98 Å². The maximum atomic E-state index is 13.2. The molecule has 0 aliphatic heterocycles. The molecule has 2 N–H and O–H groups in total. The SMILES string of the molecule is CCN(CC)c1ncc(CNc2ccc(O)c(F)c2)s1. The van der Waals surface area contributed by atoms with Gasteiger partial charge >= 0.3 is 0 Å². The third kappa shape index (κ3) is 3.39. The van der Waals surface area contributed by atoms with Crippen molar-refractivity contribution in [2.45, 2.75) is 20.4 Å². The van der Waals surface area contributed by atoms with Crippen LogP contribution in [-0.4, -0.2) is 23.2 Å². The predicted octanol–water partition coefficient (Wildman–Crippen LogP) is 3.45. The number of nitrogens with zero attached hydrogens (tertiary/aromatic N) is 2. The van der Waals surface area contributed by atoms with Crippen molar-refractivity contribution < 1.29 is 9.50 Å². The average molecular weight is 295 g/mol. The zero-order valence-electron chi connectivity index (χ0n) is 11.6. The Labute approximate surface area is 121 Å². The highest BCUT2D eigenvalue weighted by Crippen LogP contribution is 2.24. The Morgan fingerprint density at radius 3 is 2.75 bits per heavy atom. The van der Waals surface area contributed by atoms with Gasteiger partial charge in [-0.25, -0.2) is 9.37 Å². The molecule has 2 rings (SSSR count). The van der Waals surface area contributed by atoms with Crippen molar-refractivity contribution in [2.75, 3.05) is 23.3 Å². The van der Waals surface area contributed by atoms with Crippen LogP contribution in [0.4, 0.5) is 15.2 Å². The molecule has 0 aliphatic carbocycles. The summed E-state index contributed by atoms with van der Waals surface area (Å²) in [6.45, 7) is 6.65. The number of halogens is 1. The summed E-state index contributed by atoms with van der Waals surface area (Å²) in [7, 11) is 0. The maximum absolute atomic E-state index is 13.2. The Morgan fingerprint density at radius 1 is 1.35 bits per heavy atom. The molecule has 1 aromatic heterocycles. The molecule has 0 unspecified atom stereocenters. The second-order valence-corrected chi connectivity index (χ2v) is 5.39. The van der Waals surface area contributed by atoms with Gasteiger partial charge in [0.1, 0.15) is 0 Å². The molecule has 0 spiro atoms. The molecule has 0 bridgehead atoms. The average Bonchev–Trinajstić information content (AvgIpc) is 2.90. The van der Waals surface area contributed by atoms with E-state index in [9.17, 15) is 4.39 Å². The Balaban J connectivity index is 1.98. The van der Waals surface area contributed by atoms with E-state index in [-0.39, 0.29) is 5.75 Å². The van der Waals surface area contributed by atoms with Crippen LogP contribution in [0.3, 0.4) is 0 Å². The van der Waals surface area contributed by atoms with Crippen molar-refractivity contribution in [2.24, 2.45) is 0 Å². The molecule has 0 fully saturated rings. The second-order valence-electron chi connectivity index (χ2n) is 4.30. The van der Waals surface area contributed by atoms with Gasteiger partial charge in [0.25, 0.3) is 0 Å². The first-order chi connectivity index (χ1) is 9.63. The number of phenolic OH excluding ortho intramolecular Hbond substituents is 1. The van der Waals surface area contributed by atoms with Gasteiger partial charge in [0.05, 0.1) is 6.54 Å². The number of aromatic hydroxyl groups is 1. The predicted molar refractivity (Wildman–Crippen MR) is 81.1 cm³/mol. The molecule has 2 aromatic rings. The van der Waals surface area contributed by atoms with Crippen molar-refractivity contribution in [3.8, 4) is 5.75 Å². The molecule has 6 heteroatoms. The largest absolute Gasteiger partial charge is 0.505 e. The summed E-state index contributed by atoms with van der Waals surface area (Å²) in [4.78, 5) is 7.67. The lowest BCUT2D eigenvalue weighted by Crippen LogP contribution is -2.21. The topological polar surface area (TPSA) is 48.4 Å². The van der Waals surface area contributed by atoms with Crippen LogP contribution in [0.1, 0.15) is 18.7 Å². The summed E-state index contributed by atoms with van der Waals surface area (Å²) in [5, 5.41) is 13.3. The van der Waals surface area contributed by atoms with Crippen molar-refractivity contribution in [1.29, 1.82) is 0 Å². The first-order valence-corrected chi connectivity index (χ1v) is 7.37. The van der Waals surface area contributed by atoms with E-state index >= 15 is 0 Å². The molecular weight excluding hydrogens is 277 g/mol. The third-order valence-electron chi connectivity index (χ3n) is 2.99. The summed E-state index contributed by atoms with van der Waals surface area (Å²) >= 11 is 1.63. The lowest BCUT2D eigenvalue weighted by atomic mass is 10.3. The van der Waals surface area contributed by atoms with Crippen LogP contribution < -0.4 is 10.2 Å². The smallest absolute Gasteiger partial charge is 0.185 e. The standard InChI is InChI=1S/C14H18FN3OS/c1-3-18(4-2)14-17-9-11(20-14)8-16-10-5-6-13(19)12(15)7-10/h5-7,9,16,19H,3-4,8H2,1-2H3. The number of rotatable bonds is 6. The van der Waals surface area contributed by atoms with E-state index < -0.39 is 5.82 Å². The van der Waals surface area contributed by atoms with Gasteiger partial charge in [-0.1, -0.05) is 0 Å². The molecule has 4 nitrogen and oxygen atoms in total. The van der Waals surface area contributed by atoms with Gasteiger partial charge in [-0.05, 0) is 26.0 Å². The highest BCUT2D eigenvalue weighted by molar-refractivity contribution is 7.15. The third-order valence-corrected chi connectivity index (χ3v) is 4.05. The number of nitrogens with one attached hydrogen (secondary N) is 1. The number of thiazole rings is 1. The Bertz CT molecular complexity index is 569. The number of benzene rings is 1. The first kappa shape index (κ1) is 14.6. The minimum absolute atomic E-state index is 0.336. The van der Waals surface area contributed by atoms with Gasteiger partial charge in [0.2, 0.25) is 0 Å². The van der Waals surface area contributed by atoms with Crippen LogP contribution in [-0.2, 0) is 6.54 Å². The van der Waals surface area contributed by atoms with Crippen LogP contribution in [0.2, 0.25) is 0 Å². The summed E-state index contributed by atoms with van der Waals surface area (Å²) in [5.41, 5.74) is 0.637. The zero-order chi connectivity index (χ0) is 14.5. The molecule has 0 saturated carbocycles. The molecule has 20 heavy (non-hydrogen) atoms. The molecule has 0 radical (unpaired) electrons. The highest BCUT2D eigenvalue weighted by Gasteiger charge is 2.08. The van der Waals surface area contributed by atoms with Crippen molar-refractivity contribution in [3.63, 3.8) is 0 Å². The lowest BCUT2D eigenvalue weighted by molar-refractivity contribution is 0.432. The highest BCUT2D eigenvalue weighted by atomic mass is 32.1. The van der Waals surface area contributed by atoms with E-state index in [1.807, 2.05) is 6.20 Å². The van der Waals surface area contributed by atoms with Crippen LogP contribution in [0.25, 0.3) is 0 Å². The first-order valence-electron chi connectivity index (χ1n) is 6.56. The molecule has 0 atom stereocenters. The monoisotopic (exact) mass is 295 g/mol. The minimum atomic E-state index is -0.622. The number of hydrogen-bond acceptors (Lipinski definition) is 5. The van der Waals surface area contributed by atoms with Crippen LogP contribution in [0.5, 0.6) is 5.75 Å². The molecule has 1 heterocycles. The number of hydrogen-bond donors (Lipinski definition) is 2. The zero-order valence-corrected chi connectivity index (χ0v) is 12.4. The Kier molecular flexibility index (Phi) is 4.79. The molecule has 108 valence electrons. The number of phenols is 1. The van der Waals surface area contributed by atoms with Crippen molar-refractivity contribution in [3.05, 3.63) is 35.1 Å². The van der Waals surface area contributed by atoms with Gasteiger partial charge in [-0.3, -0.25) is 0 Å². The van der Waals surface area contributed by atoms with Crippen LogP contribution >= 0.6 is 11.3 Å². The second kappa shape index (κ2) is 6.56. The molecule has 0 aliphatic rings. The number of anilines is 2. The Morgan fingerprint density at radius 2 is 2.10 bits per heavy atom. The van der Waals surface area contributed by atoms with E-state index in [4.69, 9.17) is 5.11 Å². The fourth-order valence-electron chi connectivity index (χ4n) is 1.83. The molecular formula is C14H18FN3OS. The van der Waals surface area contributed by atoms with Crippen LogP contribution in [0, 0.1) is 5.82 Å². The summed E-state index contributed by atoms with van der Waals surface area (Å²) in [6.07, 6.45) is 1.84. The maximum Gasteiger partial charge on any atom is 0.185 e. The van der Waals surface area contributed by atoms with Crippen molar-refractivity contribution >= 4 is 22.2 Å². The normalized spacial score (nSPS) is 10.6. The summed E-state index contributed by atoms with van der Waals surface area (Å²) < 4.78 is 13.2. The summed E-state index contributed by atoms with van der Waals surface area (Å²) in [5.74, 6) is -0.958. The number of aromatic nitrogens is 1. The van der Waals surface area contributed by atoms with E-state index in [2.05, 4.69) is 29.0 Å². The van der Waals surface area contributed by atoms with Crippen LogP contribution in [0.15, 0.2) is 24.4 Å². The Hall–Kier alpha value is -1.82. The summed E-state index contributed by atoms with van der Waals surface area (Å²) in [6, 6.07) is 4.26. The van der Waals surface area contributed by atoms with Gasteiger partial charge in [-0.15, -0.1) is 11.3 Å². The van der Waals surface area contributed by atoms with Gasteiger partial charge in [0.15, 0.2) is 16.7 Å². The molecule has 1 aromatic carbocycles. The van der Waals surface area contributed by atoms with Gasteiger partial charge in [0, 0.05) is 35.9 Å². The molecule has 0 amide bonds. The molecule has 0 saturated heterocycles. The minimum Gasteiger partial charge on any atom is -0.505 e. The van der Waals surface area contributed by atoms with E-state index in [0.717, 1.165) is 23.1 Å². The van der Waals surface area contributed by atoms with E-state index in [1.165, 1.54) is 12.1 Å². The van der Waals surface area contributed by atoms with E-state index in [0.29, 0.717) is 12.2 Å². The fraction of sp³-hybridized carbons (Fsp3) is 0.357. The van der Waals surface area contributed by atoms with Gasteiger partial charge < -0.3 is 15.3 Å². The van der Waals surface area contributed by atoms with Gasteiger partial charge in [-0.2, -0.15) is 0 Å². The van der Waals surface area contributed by atoms with E-state index in [1.54, 1.807) is 17.4 Å². The lowest BCUT2D eigenvalue weighted by Gasteiger charge is -2.16.